The lowest BCUT2D eigenvalue weighted by atomic mass is 10.1. The van der Waals surface area contributed by atoms with Crippen LogP contribution in [0.15, 0.2) is 16.7 Å². The van der Waals surface area contributed by atoms with Crippen LogP contribution >= 0.6 is 15.9 Å². The van der Waals surface area contributed by atoms with E-state index in [1.807, 2.05) is 20.0 Å². The lowest BCUT2D eigenvalue weighted by molar-refractivity contribution is 0.0973. The van der Waals surface area contributed by atoms with Gasteiger partial charge in [0.2, 0.25) is 0 Å². The number of aryl methyl sites for hydroxylation is 2. The molecule has 0 bridgehead atoms. The molecule has 0 aliphatic rings. The first-order chi connectivity index (χ1) is 7.15. The molecule has 1 heterocycles. The number of nitrogens with zero attached hydrogens (tertiary/aromatic N) is 2. The summed E-state index contributed by atoms with van der Waals surface area (Å²) in [6.45, 7) is 1.60. The molecule has 80 valence electrons. The minimum absolute atomic E-state index is 0.328. The summed E-state index contributed by atoms with van der Waals surface area (Å²) in [7, 11) is 1.89. The predicted molar refractivity (Wildman–Crippen MR) is 60.9 cm³/mol. The molecule has 4 nitrogen and oxygen atoms in total. The van der Waals surface area contributed by atoms with E-state index in [-0.39, 0.29) is 6.79 Å². The molecule has 0 amide bonds. The molecule has 1 aromatic heterocycles. The maximum absolute atomic E-state index is 8.78. The number of hydrogen-bond acceptors (Lipinski definition) is 3. The van der Waals surface area contributed by atoms with Crippen LogP contribution in [0.2, 0.25) is 0 Å². The Labute approximate surface area is 95.6 Å². The summed E-state index contributed by atoms with van der Waals surface area (Å²) in [5, 5.41) is 13.9. The third kappa shape index (κ3) is 1.61. The first-order valence-electron chi connectivity index (χ1n) is 4.49. The molecule has 0 radical (unpaired) electrons. The minimum atomic E-state index is -0.328. The first-order valence-corrected chi connectivity index (χ1v) is 5.29. The van der Waals surface area contributed by atoms with Crippen LogP contribution in [0, 0.1) is 6.92 Å². The number of aliphatic hydroxyl groups excluding tert-OH is 1. The number of hydrogen-bond donors (Lipinski definition) is 1. The molecular formula is C10H11BrN2O2. The van der Waals surface area contributed by atoms with Gasteiger partial charge in [-0.05, 0) is 34.5 Å². The van der Waals surface area contributed by atoms with E-state index in [2.05, 4.69) is 21.0 Å². The number of benzene rings is 1. The van der Waals surface area contributed by atoms with Crippen LogP contribution in [0.1, 0.15) is 5.56 Å². The average molecular weight is 271 g/mol. The zero-order chi connectivity index (χ0) is 11.0. The molecule has 0 fully saturated rings. The third-order valence-electron chi connectivity index (χ3n) is 2.34. The van der Waals surface area contributed by atoms with Gasteiger partial charge in [0.1, 0.15) is 5.75 Å². The molecule has 2 rings (SSSR count). The van der Waals surface area contributed by atoms with E-state index in [1.54, 1.807) is 10.9 Å². The number of ether oxygens (including phenoxy) is 1. The van der Waals surface area contributed by atoms with E-state index in [0.717, 1.165) is 20.9 Å². The van der Waals surface area contributed by atoms with E-state index in [1.165, 1.54) is 0 Å². The van der Waals surface area contributed by atoms with Gasteiger partial charge in [0, 0.05) is 12.4 Å². The molecule has 1 aromatic carbocycles. The van der Waals surface area contributed by atoms with Gasteiger partial charge in [-0.15, -0.1) is 0 Å². The smallest absolute Gasteiger partial charge is 0.186 e. The second kappa shape index (κ2) is 3.83. The molecule has 15 heavy (non-hydrogen) atoms. The first kappa shape index (κ1) is 10.4. The monoisotopic (exact) mass is 270 g/mol. The Bertz CT molecular complexity index is 508. The van der Waals surface area contributed by atoms with Gasteiger partial charge in [0.25, 0.3) is 0 Å². The van der Waals surface area contributed by atoms with Crippen molar-refractivity contribution in [1.82, 2.24) is 9.78 Å². The second-order valence-electron chi connectivity index (χ2n) is 3.31. The van der Waals surface area contributed by atoms with Crippen LogP contribution in [0.5, 0.6) is 5.75 Å². The molecule has 1 N–H and O–H groups in total. The van der Waals surface area contributed by atoms with Gasteiger partial charge in [-0.1, -0.05) is 0 Å². The average Bonchev–Trinajstić information content (AvgIpc) is 2.55. The number of aliphatic hydroxyl groups is 1. The quantitative estimate of drug-likeness (QED) is 0.849. The fourth-order valence-electron chi connectivity index (χ4n) is 1.60. The van der Waals surface area contributed by atoms with Crippen LogP contribution in [-0.4, -0.2) is 21.7 Å². The highest BCUT2D eigenvalue weighted by Crippen LogP contribution is 2.35. The van der Waals surface area contributed by atoms with Crippen molar-refractivity contribution in [2.75, 3.05) is 6.79 Å². The Morgan fingerprint density at radius 3 is 3.00 bits per heavy atom. The number of rotatable bonds is 2. The van der Waals surface area contributed by atoms with E-state index < -0.39 is 0 Å². The molecule has 0 atom stereocenters. The lowest BCUT2D eigenvalue weighted by Crippen LogP contribution is -1.98. The van der Waals surface area contributed by atoms with Gasteiger partial charge in [-0.3, -0.25) is 4.68 Å². The van der Waals surface area contributed by atoms with Crippen molar-refractivity contribution in [3.8, 4) is 5.75 Å². The standard InChI is InChI=1S/C10H11BrN2O2/c1-6-3-8-7(4-12-13(8)2)9(11)10(6)15-5-14/h3-4,14H,5H2,1-2H3. The topological polar surface area (TPSA) is 47.3 Å². The molecule has 5 heteroatoms. The van der Waals surface area contributed by atoms with Crippen molar-refractivity contribution in [3.63, 3.8) is 0 Å². The van der Waals surface area contributed by atoms with Crippen LogP contribution in [0.3, 0.4) is 0 Å². The number of halogens is 1. The molecule has 0 saturated heterocycles. The summed E-state index contributed by atoms with van der Waals surface area (Å²) in [5.41, 5.74) is 2.00. The zero-order valence-corrected chi connectivity index (χ0v) is 10.1. The largest absolute Gasteiger partial charge is 0.466 e. The van der Waals surface area contributed by atoms with Gasteiger partial charge >= 0.3 is 0 Å². The van der Waals surface area contributed by atoms with Crippen molar-refractivity contribution < 1.29 is 9.84 Å². The van der Waals surface area contributed by atoms with E-state index in [0.29, 0.717) is 5.75 Å². The lowest BCUT2D eigenvalue weighted by Gasteiger charge is -2.09. The number of fused-ring (bicyclic) bond motifs is 1. The number of aromatic nitrogens is 2. The van der Waals surface area contributed by atoms with Crippen molar-refractivity contribution >= 4 is 26.8 Å². The van der Waals surface area contributed by atoms with Gasteiger partial charge in [0.15, 0.2) is 6.79 Å². The zero-order valence-electron chi connectivity index (χ0n) is 8.49. The summed E-state index contributed by atoms with van der Waals surface area (Å²) < 4.78 is 7.79. The normalized spacial score (nSPS) is 10.9. The molecule has 0 saturated carbocycles. The molecule has 0 aliphatic carbocycles. The van der Waals surface area contributed by atoms with Gasteiger partial charge in [-0.2, -0.15) is 5.10 Å². The Balaban J connectivity index is 2.73. The summed E-state index contributed by atoms with van der Waals surface area (Å²) in [5.74, 6) is 0.665. The summed E-state index contributed by atoms with van der Waals surface area (Å²) in [6.07, 6.45) is 1.77. The third-order valence-corrected chi connectivity index (χ3v) is 3.13. The van der Waals surface area contributed by atoms with Crippen LogP contribution in [0.25, 0.3) is 10.9 Å². The van der Waals surface area contributed by atoms with Crippen LogP contribution in [-0.2, 0) is 7.05 Å². The van der Waals surface area contributed by atoms with Crippen LogP contribution < -0.4 is 4.74 Å². The Hall–Kier alpha value is -1.07. The van der Waals surface area contributed by atoms with Crippen LogP contribution in [0.4, 0.5) is 0 Å². The highest BCUT2D eigenvalue weighted by Gasteiger charge is 2.12. The highest BCUT2D eigenvalue weighted by atomic mass is 79.9. The summed E-state index contributed by atoms with van der Waals surface area (Å²) >= 11 is 3.46. The van der Waals surface area contributed by atoms with Crippen molar-refractivity contribution in [2.24, 2.45) is 7.05 Å². The maximum atomic E-state index is 8.78. The Morgan fingerprint density at radius 1 is 1.60 bits per heavy atom. The maximum Gasteiger partial charge on any atom is 0.186 e. The van der Waals surface area contributed by atoms with Crippen molar-refractivity contribution in [1.29, 1.82) is 0 Å². The van der Waals surface area contributed by atoms with Gasteiger partial charge in [-0.25, -0.2) is 0 Å². The van der Waals surface area contributed by atoms with E-state index >= 15 is 0 Å². The van der Waals surface area contributed by atoms with Gasteiger partial charge in [0.05, 0.1) is 16.2 Å². The summed E-state index contributed by atoms with van der Waals surface area (Å²) in [6, 6.07) is 1.98. The predicted octanol–water partition coefficient (Wildman–Crippen LogP) is 1.97. The Morgan fingerprint density at radius 2 is 2.33 bits per heavy atom. The molecule has 0 unspecified atom stereocenters. The van der Waals surface area contributed by atoms with E-state index in [4.69, 9.17) is 9.84 Å². The van der Waals surface area contributed by atoms with Crippen molar-refractivity contribution in [3.05, 3.63) is 22.3 Å². The second-order valence-corrected chi connectivity index (χ2v) is 4.10. The van der Waals surface area contributed by atoms with Crippen molar-refractivity contribution in [2.45, 2.75) is 6.92 Å². The fourth-order valence-corrected chi connectivity index (χ4v) is 2.33. The highest BCUT2D eigenvalue weighted by molar-refractivity contribution is 9.10. The summed E-state index contributed by atoms with van der Waals surface area (Å²) in [4.78, 5) is 0. The minimum Gasteiger partial charge on any atom is -0.466 e. The molecule has 2 aromatic rings. The van der Waals surface area contributed by atoms with Gasteiger partial charge < -0.3 is 9.84 Å². The molecule has 0 spiro atoms. The fraction of sp³-hybridized carbons (Fsp3) is 0.300. The molecule has 0 aliphatic heterocycles. The van der Waals surface area contributed by atoms with E-state index in [9.17, 15) is 0 Å². The SMILES string of the molecule is Cc1cc2c(cnn2C)c(Br)c1OCO. The Kier molecular flexibility index (Phi) is 2.67. The molecular weight excluding hydrogens is 260 g/mol.